The predicted octanol–water partition coefficient (Wildman–Crippen LogP) is 1.62. The molecule has 4 heteroatoms. The van der Waals surface area contributed by atoms with Crippen LogP contribution in [0.25, 0.3) is 0 Å². The van der Waals surface area contributed by atoms with E-state index < -0.39 is 0 Å². The van der Waals surface area contributed by atoms with E-state index in [4.69, 9.17) is 0 Å². The average Bonchev–Trinajstić information content (AvgIpc) is 2.49. The maximum absolute atomic E-state index is 12.3. The van der Waals surface area contributed by atoms with Crippen molar-refractivity contribution >= 4 is 11.8 Å². The number of hydrogen-bond acceptors (Lipinski definition) is 2. The number of carbonyl (C=O) groups is 2. The summed E-state index contributed by atoms with van der Waals surface area (Å²) in [7, 11) is 0. The summed E-state index contributed by atoms with van der Waals surface area (Å²) in [6, 6.07) is 7.98. The number of benzene rings is 1. The SMILES string of the molecule is CCC(=O)N1CCN(C(=O)Cc2ccccc2C)CC1. The Morgan fingerprint density at radius 2 is 1.55 bits per heavy atom. The summed E-state index contributed by atoms with van der Waals surface area (Å²) in [6.45, 7) is 6.52. The lowest BCUT2D eigenvalue weighted by Gasteiger charge is -2.34. The number of aryl methyl sites for hydroxylation is 1. The van der Waals surface area contributed by atoms with Crippen molar-refractivity contribution in [2.24, 2.45) is 0 Å². The van der Waals surface area contributed by atoms with Crippen LogP contribution in [0.1, 0.15) is 24.5 Å². The second-order valence-electron chi connectivity index (χ2n) is 5.22. The highest BCUT2D eigenvalue weighted by Crippen LogP contribution is 2.11. The van der Waals surface area contributed by atoms with Crippen molar-refractivity contribution in [3.63, 3.8) is 0 Å². The number of hydrogen-bond donors (Lipinski definition) is 0. The highest BCUT2D eigenvalue weighted by Gasteiger charge is 2.23. The quantitative estimate of drug-likeness (QED) is 0.840. The molecular weight excluding hydrogens is 252 g/mol. The van der Waals surface area contributed by atoms with E-state index in [2.05, 4.69) is 0 Å². The van der Waals surface area contributed by atoms with Crippen LogP contribution in [0, 0.1) is 6.92 Å². The van der Waals surface area contributed by atoms with Gasteiger partial charge >= 0.3 is 0 Å². The van der Waals surface area contributed by atoms with Crippen LogP contribution in [0.4, 0.5) is 0 Å². The first kappa shape index (κ1) is 14.6. The smallest absolute Gasteiger partial charge is 0.227 e. The van der Waals surface area contributed by atoms with Gasteiger partial charge in [0.05, 0.1) is 6.42 Å². The van der Waals surface area contributed by atoms with Crippen LogP contribution in [0.2, 0.25) is 0 Å². The summed E-state index contributed by atoms with van der Waals surface area (Å²) in [4.78, 5) is 27.6. The minimum atomic E-state index is 0.155. The highest BCUT2D eigenvalue weighted by molar-refractivity contribution is 5.80. The lowest BCUT2D eigenvalue weighted by Crippen LogP contribution is -2.50. The molecule has 108 valence electrons. The Labute approximate surface area is 120 Å². The van der Waals surface area contributed by atoms with Gasteiger partial charge in [0.1, 0.15) is 0 Å². The molecule has 0 radical (unpaired) electrons. The van der Waals surface area contributed by atoms with E-state index in [0.717, 1.165) is 11.1 Å². The predicted molar refractivity (Wildman–Crippen MR) is 78.3 cm³/mol. The zero-order valence-electron chi connectivity index (χ0n) is 12.3. The first-order valence-electron chi connectivity index (χ1n) is 7.22. The van der Waals surface area contributed by atoms with Crippen molar-refractivity contribution in [1.29, 1.82) is 0 Å². The summed E-state index contributed by atoms with van der Waals surface area (Å²) < 4.78 is 0. The van der Waals surface area contributed by atoms with Crippen molar-refractivity contribution in [3.05, 3.63) is 35.4 Å². The minimum absolute atomic E-state index is 0.155. The monoisotopic (exact) mass is 274 g/mol. The van der Waals surface area contributed by atoms with Crippen molar-refractivity contribution < 1.29 is 9.59 Å². The first-order chi connectivity index (χ1) is 9.61. The van der Waals surface area contributed by atoms with Crippen LogP contribution in [0.5, 0.6) is 0 Å². The van der Waals surface area contributed by atoms with E-state index in [0.29, 0.717) is 39.0 Å². The van der Waals surface area contributed by atoms with Gasteiger partial charge in [0.2, 0.25) is 11.8 Å². The summed E-state index contributed by atoms with van der Waals surface area (Å²) in [5.41, 5.74) is 2.24. The van der Waals surface area contributed by atoms with Gasteiger partial charge in [0, 0.05) is 32.6 Å². The van der Waals surface area contributed by atoms with Gasteiger partial charge in [-0.25, -0.2) is 0 Å². The molecule has 0 aliphatic carbocycles. The van der Waals surface area contributed by atoms with Crippen LogP contribution < -0.4 is 0 Å². The molecule has 0 atom stereocenters. The third kappa shape index (κ3) is 3.38. The normalized spacial score (nSPS) is 15.3. The second kappa shape index (κ2) is 6.55. The number of nitrogens with zero attached hydrogens (tertiary/aromatic N) is 2. The summed E-state index contributed by atoms with van der Waals surface area (Å²) >= 11 is 0. The van der Waals surface area contributed by atoms with Gasteiger partial charge in [0.25, 0.3) is 0 Å². The molecule has 1 aliphatic heterocycles. The van der Waals surface area contributed by atoms with E-state index >= 15 is 0 Å². The Morgan fingerprint density at radius 1 is 1.00 bits per heavy atom. The van der Waals surface area contributed by atoms with Crippen LogP contribution in [0.3, 0.4) is 0 Å². The lowest BCUT2D eigenvalue weighted by atomic mass is 10.1. The zero-order chi connectivity index (χ0) is 14.5. The summed E-state index contributed by atoms with van der Waals surface area (Å²) in [5.74, 6) is 0.332. The molecule has 0 bridgehead atoms. The number of carbonyl (C=O) groups excluding carboxylic acids is 2. The molecule has 1 saturated heterocycles. The van der Waals surface area contributed by atoms with Crippen LogP contribution in [-0.4, -0.2) is 47.8 Å². The molecule has 20 heavy (non-hydrogen) atoms. The molecule has 1 heterocycles. The lowest BCUT2D eigenvalue weighted by molar-refractivity contribution is -0.139. The van der Waals surface area contributed by atoms with Crippen molar-refractivity contribution in [3.8, 4) is 0 Å². The van der Waals surface area contributed by atoms with E-state index in [1.807, 2.05) is 47.9 Å². The van der Waals surface area contributed by atoms with Crippen LogP contribution in [0.15, 0.2) is 24.3 Å². The molecule has 0 aromatic heterocycles. The third-order valence-corrected chi connectivity index (χ3v) is 3.89. The fourth-order valence-corrected chi connectivity index (χ4v) is 2.51. The Hall–Kier alpha value is -1.84. The highest BCUT2D eigenvalue weighted by atomic mass is 16.2. The Morgan fingerprint density at radius 3 is 2.10 bits per heavy atom. The van der Waals surface area contributed by atoms with Gasteiger partial charge in [-0.15, -0.1) is 0 Å². The fraction of sp³-hybridized carbons (Fsp3) is 0.500. The van der Waals surface area contributed by atoms with E-state index in [1.54, 1.807) is 0 Å². The topological polar surface area (TPSA) is 40.6 Å². The molecule has 1 fully saturated rings. The number of piperazine rings is 1. The van der Waals surface area contributed by atoms with Gasteiger partial charge < -0.3 is 9.80 Å². The molecule has 0 saturated carbocycles. The van der Waals surface area contributed by atoms with Gasteiger partial charge in [-0.2, -0.15) is 0 Å². The van der Waals surface area contributed by atoms with Crippen molar-refractivity contribution in [2.45, 2.75) is 26.7 Å². The van der Waals surface area contributed by atoms with Crippen LogP contribution in [-0.2, 0) is 16.0 Å². The van der Waals surface area contributed by atoms with Crippen molar-refractivity contribution in [2.75, 3.05) is 26.2 Å². The third-order valence-electron chi connectivity index (χ3n) is 3.89. The molecule has 1 aromatic carbocycles. The molecule has 1 aliphatic rings. The number of amides is 2. The van der Waals surface area contributed by atoms with E-state index in [-0.39, 0.29) is 11.8 Å². The Kier molecular flexibility index (Phi) is 4.77. The van der Waals surface area contributed by atoms with Gasteiger partial charge in [-0.05, 0) is 18.1 Å². The molecule has 0 unspecified atom stereocenters. The standard InChI is InChI=1S/C16H22N2O2/c1-3-15(19)17-8-10-18(11-9-17)16(20)12-14-7-5-4-6-13(14)2/h4-7H,3,8-12H2,1-2H3. The number of rotatable bonds is 3. The Bertz CT molecular complexity index is 491. The average molecular weight is 274 g/mol. The minimum Gasteiger partial charge on any atom is -0.339 e. The molecule has 0 spiro atoms. The first-order valence-corrected chi connectivity index (χ1v) is 7.22. The maximum atomic E-state index is 12.3. The van der Waals surface area contributed by atoms with E-state index in [1.165, 1.54) is 0 Å². The largest absolute Gasteiger partial charge is 0.339 e. The Balaban J connectivity index is 1.89. The molecule has 2 amide bonds. The zero-order valence-corrected chi connectivity index (χ0v) is 12.3. The molecule has 1 aromatic rings. The summed E-state index contributed by atoms with van der Waals surface area (Å²) in [5, 5.41) is 0. The maximum Gasteiger partial charge on any atom is 0.227 e. The van der Waals surface area contributed by atoms with Crippen molar-refractivity contribution in [1.82, 2.24) is 9.80 Å². The fourth-order valence-electron chi connectivity index (χ4n) is 2.51. The van der Waals surface area contributed by atoms with E-state index in [9.17, 15) is 9.59 Å². The molecule has 4 nitrogen and oxygen atoms in total. The molecule has 0 N–H and O–H groups in total. The van der Waals surface area contributed by atoms with Crippen LogP contribution >= 0.6 is 0 Å². The second-order valence-corrected chi connectivity index (χ2v) is 5.22. The molecular formula is C16H22N2O2. The van der Waals surface area contributed by atoms with Gasteiger partial charge in [-0.1, -0.05) is 31.2 Å². The van der Waals surface area contributed by atoms with Gasteiger partial charge in [0.15, 0.2) is 0 Å². The summed E-state index contributed by atoms with van der Waals surface area (Å²) in [6.07, 6.45) is 0.992. The van der Waals surface area contributed by atoms with Gasteiger partial charge in [-0.3, -0.25) is 9.59 Å². The molecule has 2 rings (SSSR count).